The summed E-state index contributed by atoms with van der Waals surface area (Å²) in [5.41, 5.74) is 1.28. The lowest BCUT2D eigenvalue weighted by molar-refractivity contribution is 0.242. The summed E-state index contributed by atoms with van der Waals surface area (Å²) < 4.78 is 0. The quantitative estimate of drug-likeness (QED) is 0.823. The summed E-state index contributed by atoms with van der Waals surface area (Å²) in [6.07, 6.45) is 5.61. The second kappa shape index (κ2) is 6.58. The molecule has 0 aliphatic heterocycles. The van der Waals surface area contributed by atoms with E-state index in [-0.39, 0.29) is 0 Å². The van der Waals surface area contributed by atoms with Crippen LogP contribution < -0.4 is 5.32 Å². The van der Waals surface area contributed by atoms with E-state index in [1.807, 2.05) is 12.1 Å². The maximum Gasteiger partial charge on any atom is 0.0409 e. The Kier molecular flexibility index (Phi) is 5.08. The third kappa shape index (κ3) is 3.73. The number of halogens is 1. The second-order valence-corrected chi connectivity index (χ2v) is 6.14. The lowest BCUT2D eigenvalue weighted by atomic mass is 9.80. The molecule has 0 radical (unpaired) electrons. The number of hydrogen-bond acceptors (Lipinski definition) is 1. The molecule has 0 bridgehead atoms. The van der Waals surface area contributed by atoms with Crippen molar-refractivity contribution in [2.45, 2.75) is 45.6 Å². The largest absolute Gasteiger partial charge is 0.310 e. The van der Waals surface area contributed by atoms with E-state index in [0.29, 0.717) is 6.04 Å². The highest BCUT2D eigenvalue weighted by atomic mass is 35.5. The predicted molar refractivity (Wildman–Crippen MR) is 79.0 cm³/mol. The van der Waals surface area contributed by atoms with Gasteiger partial charge in [-0.25, -0.2) is 0 Å². The first-order valence-corrected chi connectivity index (χ1v) is 7.53. The van der Waals surface area contributed by atoms with Gasteiger partial charge in [0.2, 0.25) is 0 Å². The molecule has 1 aromatic carbocycles. The lowest BCUT2D eigenvalue weighted by Gasteiger charge is -2.30. The van der Waals surface area contributed by atoms with Crippen LogP contribution in [0, 0.1) is 11.8 Å². The van der Waals surface area contributed by atoms with Crippen LogP contribution >= 0.6 is 11.6 Å². The van der Waals surface area contributed by atoms with Gasteiger partial charge in [0, 0.05) is 11.1 Å². The van der Waals surface area contributed by atoms with Gasteiger partial charge in [0.25, 0.3) is 0 Å². The van der Waals surface area contributed by atoms with Crippen LogP contribution in [0.2, 0.25) is 5.02 Å². The molecule has 3 unspecified atom stereocenters. The molecular formula is C16H24ClN. The number of hydrogen-bond donors (Lipinski definition) is 1. The van der Waals surface area contributed by atoms with Gasteiger partial charge < -0.3 is 5.32 Å². The molecule has 2 heteroatoms. The molecule has 0 spiro atoms. The number of rotatable bonds is 4. The van der Waals surface area contributed by atoms with Crippen LogP contribution in [0.25, 0.3) is 0 Å². The first kappa shape index (κ1) is 13.9. The summed E-state index contributed by atoms with van der Waals surface area (Å²) in [7, 11) is 0. The highest BCUT2D eigenvalue weighted by molar-refractivity contribution is 6.30. The molecular weight excluding hydrogens is 242 g/mol. The van der Waals surface area contributed by atoms with Crippen molar-refractivity contribution in [3.63, 3.8) is 0 Å². The van der Waals surface area contributed by atoms with Crippen molar-refractivity contribution < 1.29 is 0 Å². The molecule has 100 valence electrons. The first-order chi connectivity index (χ1) is 8.66. The molecule has 1 aromatic rings. The third-order valence-electron chi connectivity index (χ3n) is 4.32. The minimum absolute atomic E-state index is 0.387. The van der Waals surface area contributed by atoms with Crippen molar-refractivity contribution in [1.82, 2.24) is 5.32 Å². The van der Waals surface area contributed by atoms with Crippen LogP contribution in [0.3, 0.4) is 0 Å². The van der Waals surface area contributed by atoms with Crippen molar-refractivity contribution >= 4 is 11.6 Å². The summed E-state index contributed by atoms with van der Waals surface area (Å²) in [6, 6.07) is 8.55. The normalized spacial score (nSPS) is 25.9. The van der Waals surface area contributed by atoms with Gasteiger partial charge >= 0.3 is 0 Å². The summed E-state index contributed by atoms with van der Waals surface area (Å²) in [6.45, 7) is 5.75. The SMILES string of the molecule is CC(NCC1CCCCC1C)c1cccc(Cl)c1. The van der Waals surface area contributed by atoms with Gasteiger partial charge in [-0.1, -0.05) is 49.9 Å². The van der Waals surface area contributed by atoms with E-state index < -0.39 is 0 Å². The highest BCUT2D eigenvalue weighted by Crippen LogP contribution is 2.29. The minimum atomic E-state index is 0.387. The van der Waals surface area contributed by atoms with E-state index in [1.54, 1.807) is 0 Å². The van der Waals surface area contributed by atoms with E-state index in [0.717, 1.165) is 23.4 Å². The predicted octanol–water partition coefficient (Wildman–Crippen LogP) is 4.82. The van der Waals surface area contributed by atoms with E-state index in [9.17, 15) is 0 Å². The maximum absolute atomic E-state index is 6.03. The maximum atomic E-state index is 6.03. The number of benzene rings is 1. The van der Waals surface area contributed by atoms with Crippen molar-refractivity contribution in [3.05, 3.63) is 34.9 Å². The van der Waals surface area contributed by atoms with Crippen LogP contribution in [0.5, 0.6) is 0 Å². The van der Waals surface area contributed by atoms with E-state index in [4.69, 9.17) is 11.6 Å². The third-order valence-corrected chi connectivity index (χ3v) is 4.56. The zero-order valence-corrected chi connectivity index (χ0v) is 12.2. The van der Waals surface area contributed by atoms with Crippen molar-refractivity contribution in [3.8, 4) is 0 Å². The Balaban J connectivity index is 1.86. The Morgan fingerprint density at radius 2 is 2.11 bits per heavy atom. The fourth-order valence-corrected chi connectivity index (χ4v) is 3.12. The van der Waals surface area contributed by atoms with Gasteiger partial charge in [-0.2, -0.15) is 0 Å². The molecule has 1 saturated carbocycles. The zero-order valence-electron chi connectivity index (χ0n) is 11.5. The topological polar surface area (TPSA) is 12.0 Å². The van der Waals surface area contributed by atoms with Gasteiger partial charge in [-0.05, 0) is 49.4 Å². The second-order valence-electron chi connectivity index (χ2n) is 5.71. The molecule has 0 heterocycles. The smallest absolute Gasteiger partial charge is 0.0409 e. The van der Waals surface area contributed by atoms with Gasteiger partial charge in [-0.15, -0.1) is 0 Å². The van der Waals surface area contributed by atoms with Gasteiger partial charge in [0.05, 0.1) is 0 Å². The standard InChI is InChI=1S/C16H24ClN/c1-12-6-3-4-7-15(12)11-18-13(2)14-8-5-9-16(17)10-14/h5,8-10,12-13,15,18H,3-4,6-7,11H2,1-2H3. The Morgan fingerprint density at radius 1 is 1.33 bits per heavy atom. The Morgan fingerprint density at radius 3 is 2.83 bits per heavy atom. The molecule has 1 fully saturated rings. The first-order valence-electron chi connectivity index (χ1n) is 7.15. The van der Waals surface area contributed by atoms with Crippen LogP contribution in [0.1, 0.15) is 51.1 Å². The molecule has 3 atom stereocenters. The highest BCUT2D eigenvalue weighted by Gasteiger charge is 2.21. The van der Waals surface area contributed by atoms with Gasteiger partial charge in [0.15, 0.2) is 0 Å². The van der Waals surface area contributed by atoms with Crippen LogP contribution in [0.4, 0.5) is 0 Å². The van der Waals surface area contributed by atoms with E-state index in [2.05, 4.69) is 31.3 Å². The fourth-order valence-electron chi connectivity index (χ4n) is 2.92. The van der Waals surface area contributed by atoms with Gasteiger partial charge in [-0.3, -0.25) is 0 Å². The average Bonchev–Trinajstić information content (AvgIpc) is 2.37. The molecule has 0 aromatic heterocycles. The monoisotopic (exact) mass is 265 g/mol. The van der Waals surface area contributed by atoms with Crippen molar-refractivity contribution in [2.75, 3.05) is 6.54 Å². The van der Waals surface area contributed by atoms with Crippen LogP contribution in [0.15, 0.2) is 24.3 Å². The summed E-state index contributed by atoms with van der Waals surface area (Å²) in [5.74, 6) is 1.72. The van der Waals surface area contributed by atoms with Crippen molar-refractivity contribution in [1.29, 1.82) is 0 Å². The van der Waals surface area contributed by atoms with Crippen molar-refractivity contribution in [2.24, 2.45) is 11.8 Å². The average molecular weight is 266 g/mol. The Hall–Kier alpha value is -0.530. The lowest BCUT2D eigenvalue weighted by Crippen LogP contribution is -2.31. The summed E-state index contributed by atoms with van der Waals surface area (Å²) in [4.78, 5) is 0. The molecule has 1 aliphatic rings. The summed E-state index contributed by atoms with van der Waals surface area (Å²) >= 11 is 6.03. The van der Waals surface area contributed by atoms with Crippen LogP contribution in [-0.2, 0) is 0 Å². The van der Waals surface area contributed by atoms with Crippen LogP contribution in [-0.4, -0.2) is 6.54 Å². The molecule has 1 aliphatic carbocycles. The minimum Gasteiger partial charge on any atom is -0.310 e. The molecule has 0 saturated heterocycles. The molecule has 0 amide bonds. The fraction of sp³-hybridized carbons (Fsp3) is 0.625. The van der Waals surface area contributed by atoms with E-state index >= 15 is 0 Å². The molecule has 1 N–H and O–H groups in total. The number of nitrogens with one attached hydrogen (secondary N) is 1. The Labute approximate surface area is 116 Å². The zero-order chi connectivity index (χ0) is 13.0. The summed E-state index contributed by atoms with van der Waals surface area (Å²) in [5, 5.41) is 4.49. The molecule has 1 nitrogen and oxygen atoms in total. The Bertz CT molecular complexity index is 377. The molecule has 2 rings (SSSR count). The van der Waals surface area contributed by atoms with Gasteiger partial charge in [0.1, 0.15) is 0 Å². The molecule has 18 heavy (non-hydrogen) atoms. The van der Waals surface area contributed by atoms with E-state index in [1.165, 1.54) is 31.2 Å².